The Morgan fingerprint density at radius 1 is 1.21 bits per heavy atom. The van der Waals surface area contributed by atoms with Crippen LogP contribution in [-0.4, -0.2) is 47.4 Å². The van der Waals surface area contributed by atoms with Crippen LogP contribution in [0, 0.1) is 0 Å². The highest BCUT2D eigenvalue weighted by molar-refractivity contribution is 6.14. The molecule has 0 saturated carbocycles. The highest BCUT2D eigenvalue weighted by Crippen LogP contribution is 2.26. The number of benzene rings is 1. The fourth-order valence-electron chi connectivity index (χ4n) is 3.19. The van der Waals surface area contributed by atoms with E-state index in [1.165, 1.54) is 19.2 Å². The summed E-state index contributed by atoms with van der Waals surface area (Å²) in [6.45, 7) is 3.89. The fourth-order valence-corrected chi connectivity index (χ4v) is 3.19. The standard InChI is InChI=1S/C21H21NO6/c1-12(2)22-11-16(19(27-3)20(22)24)18(23)17-9-8-14(28-17)10-13-6-4-5-7-15(13)21(25)26/h4-9,12H,10-11H2,1-3H3,(H,25,26). The van der Waals surface area contributed by atoms with Gasteiger partial charge in [0.1, 0.15) is 5.76 Å². The SMILES string of the molecule is COC1=C(C(=O)c2ccc(Cc3ccccc3C(=O)O)o2)CN(C(C)C)C1=O. The summed E-state index contributed by atoms with van der Waals surface area (Å²) in [7, 11) is 1.36. The molecular weight excluding hydrogens is 362 g/mol. The van der Waals surface area contributed by atoms with Crippen molar-refractivity contribution in [2.45, 2.75) is 26.3 Å². The van der Waals surface area contributed by atoms with Gasteiger partial charge in [0, 0.05) is 12.5 Å². The van der Waals surface area contributed by atoms with E-state index in [2.05, 4.69) is 0 Å². The average Bonchev–Trinajstić information content (AvgIpc) is 3.25. The molecule has 0 bridgehead atoms. The van der Waals surface area contributed by atoms with Crippen LogP contribution in [-0.2, 0) is 16.0 Å². The van der Waals surface area contributed by atoms with Crippen molar-refractivity contribution in [2.24, 2.45) is 0 Å². The molecule has 1 amide bonds. The Morgan fingerprint density at radius 2 is 1.93 bits per heavy atom. The molecule has 1 N–H and O–H groups in total. The van der Waals surface area contributed by atoms with Crippen LogP contribution < -0.4 is 0 Å². The Kier molecular flexibility index (Phi) is 5.35. The average molecular weight is 383 g/mol. The van der Waals surface area contributed by atoms with E-state index in [1.807, 2.05) is 13.8 Å². The van der Waals surface area contributed by atoms with Gasteiger partial charge in [-0.1, -0.05) is 18.2 Å². The monoisotopic (exact) mass is 383 g/mol. The maximum absolute atomic E-state index is 12.9. The van der Waals surface area contributed by atoms with E-state index in [4.69, 9.17) is 9.15 Å². The van der Waals surface area contributed by atoms with Crippen LogP contribution in [0.1, 0.15) is 46.1 Å². The van der Waals surface area contributed by atoms with E-state index in [9.17, 15) is 19.5 Å². The molecule has 28 heavy (non-hydrogen) atoms. The smallest absolute Gasteiger partial charge is 0.335 e. The lowest BCUT2D eigenvalue weighted by atomic mass is 10.0. The van der Waals surface area contributed by atoms with Gasteiger partial charge in [0.2, 0.25) is 5.78 Å². The quantitative estimate of drug-likeness (QED) is 0.739. The molecule has 1 aromatic heterocycles. The second-order valence-corrected chi connectivity index (χ2v) is 6.77. The molecule has 0 atom stereocenters. The zero-order chi connectivity index (χ0) is 20.4. The molecule has 0 fully saturated rings. The van der Waals surface area contributed by atoms with Gasteiger partial charge >= 0.3 is 5.97 Å². The first-order valence-corrected chi connectivity index (χ1v) is 8.86. The third-order valence-electron chi connectivity index (χ3n) is 4.66. The number of ketones is 1. The van der Waals surface area contributed by atoms with E-state index in [1.54, 1.807) is 29.2 Å². The molecule has 1 aliphatic heterocycles. The zero-order valence-electron chi connectivity index (χ0n) is 15.9. The van der Waals surface area contributed by atoms with Gasteiger partial charge < -0.3 is 19.2 Å². The van der Waals surface area contributed by atoms with Crippen molar-refractivity contribution in [3.63, 3.8) is 0 Å². The Hall–Kier alpha value is -3.35. The zero-order valence-corrected chi connectivity index (χ0v) is 15.9. The van der Waals surface area contributed by atoms with Crippen LogP contribution in [0.4, 0.5) is 0 Å². The van der Waals surface area contributed by atoms with Crippen molar-refractivity contribution in [1.29, 1.82) is 0 Å². The van der Waals surface area contributed by atoms with E-state index < -0.39 is 11.8 Å². The molecule has 146 valence electrons. The first-order chi connectivity index (χ1) is 13.3. The molecule has 0 spiro atoms. The van der Waals surface area contributed by atoms with E-state index in [0.29, 0.717) is 11.3 Å². The molecule has 7 nitrogen and oxygen atoms in total. The minimum absolute atomic E-state index is 0.0351. The number of hydrogen-bond acceptors (Lipinski definition) is 5. The lowest BCUT2D eigenvalue weighted by Crippen LogP contribution is -2.34. The molecule has 0 radical (unpaired) electrons. The maximum Gasteiger partial charge on any atom is 0.335 e. The largest absolute Gasteiger partial charge is 0.491 e. The van der Waals surface area contributed by atoms with Crippen LogP contribution in [0.3, 0.4) is 0 Å². The summed E-state index contributed by atoms with van der Waals surface area (Å²) in [5, 5.41) is 9.29. The number of aromatic carboxylic acids is 1. The van der Waals surface area contributed by atoms with Crippen molar-refractivity contribution in [1.82, 2.24) is 4.90 Å². The van der Waals surface area contributed by atoms with Crippen molar-refractivity contribution < 1.29 is 28.6 Å². The predicted octanol–water partition coefficient (Wildman–Crippen LogP) is 2.90. The third-order valence-corrected chi connectivity index (χ3v) is 4.66. The van der Waals surface area contributed by atoms with Crippen molar-refractivity contribution in [3.05, 3.63) is 70.4 Å². The number of carboxylic acid groups (broad SMARTS) is 1. The van der Waals surface area contributed by atoms with Crippen LogP contribution in [0.25, 0.3) is 0 Å². The van der Waals surface area contributed by atoms with Crippen molar-refractivity contribution in [3.8, 4) is 0 Å². The summed E-state index contributed by atoms with van der Waals surface area (Å²) in [5.41, 5.74) is 1.03. The first-order valence-electron chi connectivity index (χ1n) is 8.86. The number of carbonyl (C=O) groups excluding carboxylic acids is 2. The second kappa shape index (κ2) is 7.72. The minimum Gasteiger partial charge on any atom is -0.491 e. The highest BCUT2D eigenvalue weighted by Gasteiger charge is 2.37. The van der Waals surface area contributed by atoms with Gasteiger partial charge in [-0.2, -0.15) is 0 Å². The molecule has 0 unspecified atom stereocenters. The second-order valence-electron chi connectivity index (χ2n) is 6.77. The van der Waals surface area contributed by atoms with Crippen LogP contribution >= 0.6 is 0 Å². The van der Waals surface area contributed by atoms with Gasteiger partial charge in [-0.05, 0) is 37.6 Å². The Labute approximate surface area is 162 Å². The lowest BCUT2D eigenvalue weighted by Gasteiger charge is -2.20. The number of Topliss-reactive ketones (excluding diaryl/α,β-unsaturated/α-hetero) is 1. The molecule has 1 aromatic carbocycles. The number of methoxy groups -OCH3 is 1. The number of carboxylic acids is 1. The molecule has 0 saturated heterocycles. The number of nitrogens with zero attached hydrogens (tertiary/aromatic N) is 1. The first kappa shape index (κ1) is 19.4. The summed E-state index contributed by atoms with van der Waals surface area (Å²) in [6, 6.07) is 9.72. The Bertz CT molecular complexity index is 969. The number of carbonyl (C=O) groups is 3. The van der Waals surface area contributed by atoms with E-state index in [-0.39, 0.29) is 47.6 Å². The molecule has 0 aliphatic carbocycles. The molecule has 2 aromatic rings. The molecule has 1 aliphatic rings. The molecule has 2 heterocycles. The van der Waals surface area contributed by atoms with Gasteiger partial charge in [0.05, 0.1) is 24.8 Å². The normalized spacial score (nSPS) is 14.1. The van der Waals surface area contributed by atoms with Crippen molar-refractivity contribution in [2.75, 3.05) is 13.7 Å². The third kappa shape index (κ3) is 3.55. The molecular formula is C21H21NO6. The number of hydrogen-bond donors (Lipinski definition) is 1. The fraction of sp³-hybridized carbons (Fsp3) is 0.286. The predicted molar refractivity (Wildman–Crippen MR) is 100 cm³/mol. The Balaban J connectivity index is 1.84. The number of ether oxygens (including phenoxy) is 1. The summed E-state index contributed by atoms with van der Waals surface area (Å²) < 4.78 is 10.8. The summed E-state index contributed by atoms with van der Waals surface area (Å²) >= 11 is 0. The minimum atomic E-state index is -1.02. The number of amides is 1. The van der Waals surface area contributed by atoms with Gasteiger partial charge in [-0.25, -0.2) is 4.79 Å². The van der Waals surface area contributed by atoms with Crippen LogP contribution in [0.5, 0.6) is 0 Å². The van der Waals surface area contributed by atoms with Crippen LogP contribution in [0.15, 0.2) is 52.1 Å². The Morgan fingerprint density at radius 3 is 2.57 bits per heavy atom. The topological polar surface area (TPSA) is 97.1 Å². The highest BCUT2D eigenvalue weighted by atomic mass is 16.5. The van der Waals surface area contributed by atoms with Gasteiger partial charge in [-0.15, -0.1) is 0 Å². The number of furan rings is 1. The number of rotatable bonds is 7. The molecule has 7 heteroatoms. The van der Waals surface area contributed by atoms with Gasteiger partial charge in [-0.3, -0.25) is 9.59 Å². The van der Waals surface area contributed by atoms with Gasteiger partial charge in [0.25, 0.3) is 5.91 Å². The van der Waals surface area contributed by atoms with Gasteiger partial charge in [0.15, 0.2) is 11.5 Å². The summed E-state index contributed by atoms with van der Waals surface area (Å²) in [6.07, 6.45) is 0.239. The maximum atomic E-state index is 12.9. The van der Waals surface area contributed by atoms with Crippen molar-refractivity contribution >= 4 is 17.7 Å². The summed E-state index contributed by atoms with van der Waals surface area (Å²) in [4.78, 5) is 38.1. The van der Waals surface area contributed by atoms with E-state index in [0.717, 1.165) is 0 Å². The molecule has 3 rings (SSSR count). The van der Waals surface area contributed by atoms with Crippen LogP contribution in [0.2, 0.25) is 0 Å². The van der Waals surface area contributed by atoms with E-state index >= 15 is 0 Å². The lowest BCUT2D eigenvalue weighted by molar-refractivity contribution is -0.129. The summed E-state index contributed by atoms with van der Waals surface area (Å²) in [5.74, 6) is -1.17.